The minimum absolute atomic E-state index is 0.479. The summed E-state index contributed by atoms with van der Waals surface area (Å²) in [7, 11) is -2.81. The van der Waals surface area contributed by atoms with Gasteiger partial charge in [-0.1, -0.05) is 30.3 Å². The van der Waals surface area contributed by atoms with Crippen LogP contribution in [0.2, 0.25) is 0 Å². The third kappa shape index (κ3) is 7.51. The molecule has 0 radical (unpaired) electrons. The summed E-state index contributed by atoms with van der Waals surface area (Å²) >= 11 is 0. The first-order valence-corrected chi connectivity index (χ1v) is 15.1. The van der Waals surface area contributed by atoms with E-state index in [0.717, 1.165) is 41.5 Å². The molecule has 39 heavy (non-hydrogen) atoms. The van der Waals surface area contributed by atoms with Gasteiger partial charge in [-0.2, -0.15) is 0 Å². The Morgan fingerprint density at radius 1 is 0.974 bits per heavy atom. The van der Waals surface area contributed by atoms with Gasteiger partial charge in [0.2, 0.25) is 0 Å². The molecule has 0 aliphatic carbocycles. The van der Waals surface area contributed by atoms with Crippen LogP contribution in [-0.4, -0.2) is 41.7 Å². The van der Waals surface area contributed by atoms with Crippen molar-refractivity contribution in [2.75, 3.05) is 48.0 Å². The van der Waals surface area contributed by atoms with Crippen LogP contribution >= 0.6 is 0 Å². The lowest BCUT2D eigenvalue weighted by atomic mass is 10.1. The van der Waals surface area contributed by atoms with Gasteiger partial charge in [-0.15, -0.1) is 0 Å². The van der Waals surface area contributed by atoms with Crippen molar-refractivity contribution in [3.05, 3.63) is 90.5 Å². The predicted octanol–water partition coefficient (Wildman–Crippen LogP) is 7.17. The van der Waals surface area contributed by atoms with Crippen LogP contribution in [0.1, 0.15) is 19.4 Å². The van der Waals surface area contributed by atoms with Crippen molar-refractivity contribution in [1.82, 2.24) is 4.98 Å². The second kappa shape index (κ2) is 12.7. The molecule has 0 bridgehead atoms. The maximum atomic E-state index is 12.2. The van der Waals surface area contributed by atoms with Crippen LogP contribution in [-0.2, 0) is 9.73 Å². The van der Waals surface area contributed by atoms with Gasteiger partial charge in [0.15, 0.2) is 0 Å². The smallest absolute Gasteiger partial charge is 0.136 e. The van der Waals surface area contributed by atoms with Gasteiger partial charge in [0.1, 0.15) is 17.4 Å². The first-order valence-electron chi connectivity index (χ1n) is 13.2. The topological polar surface area (TPSA) is 90.3 Å². The molecule has 1 atom stereocenters. The second-order valence-corrected chi connectivity index (χ2v) is 11.6. The van der Waals surface area contributed by atoms with Crippen LogP contribution in [0, 0.1) is 11.7 Å². The Hall–Kier alpha value is -4.04. The summed E-state index contributed by atoms with van der Waals surface area (Å²) in [6.07, 6.45) is 1.42. The number of likely N-dealkylation sites (N-methyl/N-ethyl adjacent to an activating group) is 1. The predicted molar refractivity (Wildman–Crippen MR) is 163 cm³/mol. The zero-order chi connectivity index (χ0) is 27.8. The Balaban J connectivity index is 1.59. The van der Waals surface area contributed by atoms with E-state index in [9.17, 15) is 4.21 Å². The highest BCUT2D eigenvalue weighted by Crippen LogP contribution is 2.31. The lowest BCUT2D eigenvalue weighted by Gasteiger charge is -2.24. The summed E-state index contributed by atoms with van der Waals surface area (Å²) in [4.78, 5) is 7.73. The van der Waals surface area contributed by atoms with Gasteiger partial charge in [0.25, 0.3) is 0 Å². The summed E-state index contributed by atoms with van der Waals surface area (Å²) < 4.78 is 25.8. The van der Waals surface area contributed by atoms with Crippen molar-refractivity contribution in [2.45, 2.75) is 25.7 Å². The zero-order valence-electron chi connectivity index (χ0n) is 23.0. The number of hydrogen-bond donors (Lipinski definition) is 3. The molecule has 0 aliphatic rings. The van der Waals surface area contributed by atoms with Crippen molar-refractivity contribution in [1.29, 1.82) is 4.78 Å². The van der Waals surface area contributed by atoms with Crippen LogP contribution in [0.25, 0.3) is 11.1 Å². The molecule has 0 saturated carbocycles. The van der Waals surface area contributed by atoms with E-state index in [1.54, 1.807) is 18.2 Å². The monoisotopic (exact) mass is 543 g/mol. The van der Waals surface area contributed by atoms with Crippen molar-refractivity contribution in [3.8, 4) is 16.9 Å². The van der Waals surface area contributed by atoms with E-state index >= 15 is 0 Å². The fourth-order valence-electron chi connectivity index (χ4n) is 4.36. The standard InChI is InChI=1S/C31H37N5O2S/c1-5-36(26-11-7-9-23(3)21-26)20-19-33-31-29(24-13-15-27(16-14-24)38-6-2)17-18-30(35-31)34-25-10-8-12-28(22-25)39(4,32)37/h7-18,21-22,32H,5-6,19-20H2,1-4H3,(H2,33,34,35)/t39-/m1/s1. The minimum Gasteiger partial charge on any atom is -0.494 e. The van der Waals surface area contributed by atoms with Crippen molar-refractivity contribution in [3.63, 3.8) is 0 Å². The van der Waals surface area contributed by atoms with E-state index < -0.39 is 9.73 Å². The number of aromatic nitrogens is 1. The molecular weight excluding hydrogens is 506 g/mol. The molecule has 1 heterocycles. The number of anilines is 4. The van der Waals surface area contributed by atoms with Crippen molar-refractivity contribution < 1.29 is 8.95 Å². The SMILES string of the molecule is CCOc1ccc(-c2ccc(Nc3cccc([S@](C)(=N)=O)c3)nc2NCCN(CC)c2cccc(C)c2)cc1. The molecule has 204 valence electrons. The number of benzene rings is 3. The molecule has 0 saturated heterocycles. The lowest BCUT2D eigenvalue weighted by Crippen LogP contribution is -2.29. The minimum atomic E-state index is -2.81. The lowest BCUT2D eigenvalue weighted by molar-refractivity contribution is 0.340. The second-order valence-electron chi connectivity index (χ2n) is 9.39. The Kier molecular flexibility index (Phi) is 9.09. The number of ether oxygens (including phenoxy) is 1. The highest BCUT2D eigenvalue weighted by molar-refractivity contribution is 7.91. The maximum Gasteiger partial charge on any atom is 0.136 e. The number of nitrogens with zero attached hydrogens (tertiary/aromatic N) is 2. The highest BCUT2D eigenvalue weighted by atomic mass is 32.2. The van der Waals surface area contributed by atoms with Crippen LogP contribution < -0.4 is 20.3 Å². The van der Waals surface area contributed by atoms with Crippen molar-refractivity contribution >= 4 is 32.7 Å². The molecule has 0 aliphatic heterocycles. The molecule has 4 aromatic rings. The van der Waals surface area contributed by atoms with Crippen LogP contribution in [0.15, 0.2) is 89.8 Å². The largest absolute Gasteiger partial charge is 0.494 e. The molecule has 8 heteroatoms. The quantitative estimate of drug-likeness (QED) is 0.175. The van der Waals surface area contributed by atoms with Gasteiger partial charge >= 0.3 is 0 Å². The normalized spacial score (nSPS) is 12.4. The van der Waals surface area contributed by atoms with Crippen molar-refractivity contribution in [2.24, 2.45) is 0 Å². The molecule has 0 amide bonds. The molecule has 3 aromatic carbocycles. The Morgan fingerprint density at radius 2 is 1.74 bits per heavy atom. The van der Waals surface area contributed by atoms with E-state index in [-0.39, 0.29) is 0 Å². The third-order valence-corrected chi connectivity index (χ3v) is 7.50. The van der Waals surface area contributed by atoms with Crippen LogP contribution in [0.5, 0.6) is 5.75 Å². The molecular formula is C31H37N5O2S. The molecule has 0 unspecified atom stereocenters. The van der Waals surface area contributed by atoms with E-state index in [0.29, 0.717) is 23.9 Å². The molecule has 1 aromatic heterocycles. The third-order valence-electron chi connectivity index (χ3n) is 6.35. The van der Waals surface area contributed by atoms with Gasteiger partial charge < -0.3 is 20.3 Å². The maximum absolute atomic E-state index is 12.2. The highest BCUT2D eigenvalue weighted by Gasteiger charge is 2.12. The number of aryl methyl sites for hydroxylation is 1. The van der Waals surface area contributed by atoms with Gasteiger partial charge in [-0.05, 0) is 86.5 Å². The number of hydrogen-bond acceptors (Lipinski definition) is 7. The Morgan fingerprint density at radius 3 is 2.44 bits per heavy atom. The summed E-state index contributed by atoms with van der Waals surface area (Å²) in [5.41, 5.74) is 5.20. The summed E-state index contributed by atoms with van der Waals surface area (Å²) in [6.45, 7) is 9.29. The molecule has 7 nitrogen and oxygen atoms in total. The summed E-state index contributed by atoms with van der Waals surface area (Å²) in [5, 5.41) is 6.88. The molecule has 4 rings (SSSR count). The number of rotatable bonds is 12. The average molecular weight is 544 g/mol. The van der Waals surface area contributed by atoms with Gasteiger partial charge in [-0.3, -0.25) is 0 Å². The number of pyridine rings is 1. The molecule has 0 fully saturated rings. The van der Waals surface area contributed by atoms with E-state index in [1.807, 2.05) is 49.4 Å². The molecule has 3 N–H and O–H groups in total. The first-order chi connectivity index (χ1) is 18.8. The average Bonchev–Trinajstić information content (AvgIpc) is 2.92. The Labute approximate surface area is 232 Å². The van der Waals surface area contributed by atoms with Gasteiger partial charge in [0.05, 0.1) is 16.3 Å². The van der Waals surface area contributed by atoms with Crippen LogP contribution in [0.4, 0.5) is 23.0 Å². The van der Waals surface area contributed by atoms with E-state index in [1.165, 1.54) is 17.5 Å². The van der Waals surface area contributed by atoms with Gasteiger partial charge in [-0.25, -0.2) is 14.0 Å². The van der Waals surface area contributed by atoms with Crippen LogP contribution in [0.3, 0.4) is 0 Å². The summed E-state index contributed by atoms with van der Waals surface area (Å²) in [5.74, 6) is 2.25. The van der Waals surface area contributed by atoms with E-state index in [2.05, 4.69) is 53.6 Å². The number of nitrogens with one attached hydrogen (secondary N) is 3. The fraction of sp³-hybridized carbons (Fsp3) is 0.258. The summed E-state index contributed by atoms with van der Waals surface area (Å²) in [6, 6.07) is 27.7. The zero-order valence-corrected chi connectivity index (χ0v) is 23.8. The Bertz CT molecular complexity index is 1500. The molecule has 0 spiro atoms. The van der Waals surface area contributed by atoms with Gasteiger partial charge in [0, 0.05) is 47.7 Å². The fourth-order valence-corrected chi connectivity index (χ4v) is 5.05. The van der Waals surface area contributed by atoms with E-state index in [4.69, 9.17) is 14.5 Å². The first kappa shape index (κ1) is 28.0.